The van der Waals surface area contributed by atoms with Gasteiger partial charge in [-0.3, -0.25) is 4.79 Å². The van der Waals surface area contributed by atoms with Gasteiger partial charge in [0, 0.05) is 12.6 Å². The zero-order valence-electron chi connectivity index (χ0n) is 11.7. The van der Waals surface area contributed by atoms with E-state index in [2.05, 4.69) is 22.9 Å². The van der Waals surface area contributed by atoms with Gasteiger partial charge in [-0.2, -0.15) is 0 Å². The summed E-state index contributed by atoms with van der Waals surface area (Å²) in [6.45, 7) is 6.81. The zero-order valence-corrected chi connectivity index (χ0v) is 13.3. The standard InChI is InChI=1S/C15H21BrFNO/c1-4-5-6-10-18(11(2)3)15(19)12-8-7-9-13(17)14(12)16/h7-9,11H,4-6,10H2,1-3H3. The quantitative estimate of drug-likeness (QED) is 0.697. The average Bonchev–Trinajstić information content (AvgIpc) is 2.37. The van der Waals surface area contributed by atoms with Crippen LogP contribution in [-0.2, 0) is 0 Å². The largest absolute Gasteiger partial charge is 0.336 e. The van der Waals surface area contributed by atoms with Crippen LogP contribution in [0.4, 0.5) is 4.39 Å². The van der Waals surface area contributed by atoms with Gasteiger partial charge < -0.3 is 4.90 Å². The number of hydrogen-bond acceptors (Lipinski definition) is 1. The number of halogens is 2. The highest BCUT2D eigenvalue weighted by Gasteiger charge is 2.21. The van der Waals surface area contributed by atoms with Crippen LogP contribution in [0.25, 0.3) is 0 Å². The Bertz CT molecular complexity index is 434. The first-order chi connectivity index (χ1) is 8.99. The van der Waals surface area contributed by atoms with Crippen molar-refractivity contribution in [1.82, 2.24) is 4.90 Å². The first-order valence-electron chi connectivity index (χ1n) is 6.74. The molecule has 106 valence electrons. The lowest BCUT2D eigenvalue weighted by Gasteiger charge is -2.27. The van der Waals surface area contributed by atoms with Gasteiger partial charge in [-0.1, -0.05) is 25.8 Å². The summed E-state index contributed by atoms with van der Waals surface area (Å²) in [4.78, 5) is 14.3. The minimum absolute atomic E-state index is 0.111. The monoisotopic (exact) mass is 329 g/mol. The van der Waals surface area contributed by atoms with Crippen molar-refractivity contribution in [3.63, 3.8) is 0 Å². The van der Waals surface area contributed by atoms with Crippen molar-refractivity contribution in [3.05, 3.63) is 34.1 Å². The number of amides is 1. The molecule has 0 atom stereocenters. The molecular formula is C15H21BrFNO. The van der Waals surface area contributed by atoms with Gasteiger partial charge in [-0.25, -0.2) is 4.39 Å². The molecule has 0 bridgehead atoms. The molecule has 1 aromatic rings. The van der Waals surface area contributed by atoms with Gasteiger partial charge in [-0.05, 0) is 48.3 Å². The summed E-state index contributed by atoms with van der Waals surface area (Å²) in [5.41, 5.74) is 0.394. The van der Waals surface area contributed by atoms with E-state index >= 15 is 0 Å². The first kappa shape index (κ1) is 16.2. The van der Waals surface area contributed by atoms with Gasteiger partial charge >= 0.3 is 0 Å². The molecule has 0 aliphatic carbocycles. The Morgan fingerprint density at radius 3 is 2.63 bits per heavy atom. The van der Waals surface area contributed by atoms with Gasteiger partial charge in [0.25, 0.3) is 5.91 Å². The second-order valence-corrected chi connectivity index (χ2v) is 5.69. The average molecular weight is 330 g/mol. The highest BCUT2D eigenvalue weighted by atomic mass is 79.9. The number of carbonyl (C=O) groups excluding carboxylic acids is 1. The topological polar surface area (TPSA) is 20.3 Å². The highest BCUT2D eigenvalue weighted by Crippen LogP contribution is 2.22. The van der Waals surface area contributed by atoms with Crippen molar-refractivity contribution >= 4 is 21.8 Å². The number of nitrogens with zero attached hydrogens (tertiary/aromatic N) is 1. The Hall–Kier alpha value is -0.900. The predicted octanol–water partition coefficient (Wildman–Crippen LogP) is 4.63. The predicted molar refractivity (Wildman–Crippen MR) is 79.8 cm³/mol. The molecule has 1 rings (SSSR count). The van der Waals surface area contributed by atoms with Gasteiger partial charge in [0.15, 0.2) is 0 Å². The summed E-state index contributed by atoms with van der Waals surface area (Å²) in [7, 11) is 0. The van der Waals surface area contributed by atoms with Crippen LogP contribution >= 0.6 is 15.9 Å². The van der Waals surface area contributed by atoms with E-state index in [0.29, 0.717) is 12.1 Å². The first-order valence-corrected chi connectivity index (χ1v) is 7.53. The zero-order chi connectivity index (χ0) is 14.4. The molecule has 0 N–H and O–H groups in total. The lowest BCUT2D eigenvalue weighted by atomic mass is 10.1. The highest BCUT2D eigenvalue weighted by molar-refractivity contribution is 9.10. The number of benzene rings is 1. The molecule has 0 saturated carbocycles. The molecule has 19 heavy (non-hydrogen) atoms. The molecular weight excluding hydrogens is 309 g/mol. The van der Waals surface area contributed by atoms with Crippen molar-refractivity contribution < 1.29 is 9.18 Å². The van der Waals surface area contributed by atoms with E-state index in [0.717, 1.165) is 19.3 Å². The van der Waals surface area contributed by atoms with E-state index in [1.54, 1.807) is 17.0 Å². The summed E-state index contributed by atoms with van der Waals surface area (Å²) in [6, 6.07) is 4.68. The minimum atomic E-state index is -0.400. The molecule has 4 heteroatoms. The number of unbranched alkanes of at least 4 members (excludes halogenated alkanes) is 2. The van der Waals surface area contributed by atoms with Crippen molar-refractivity contribution in [2.24, 2.45) is 0 Å². The summed E-state index contributed by atoms with van der Waals surface area (Å²) in [6.07, 6.45) is 3.19. The molecule has 0 radical (unpaired) electrons. The molecule has 0 aliphatic heterocycles. The lowest BCUT2D eigenvalue weighted by Crippen LogP contribution is -2.38. The van der Waals surface area contributed by atoms with E-state index < -0.39 is 5.82 Å². The Morgan fingerprint density at radius 2 is 2.05 bits per heavy atom. The van der Waals surface area contributed by atoms with Crippen LogP contribution < -0.4 is 0 Å². The molecule has 1 amide bonds. The third-order valence-electron chi connectivity index (χ3n) is 3.07. The van der Waals surface area contributed by atoms with Crippen LogP contribution in [0.3, 0.4) is 0 Å². The Labute approximate surface area is 123 Å². The fourth-order valence-corrected chi connectivity index (χ4v) is 2.38. The molecule has 0 unspecified atom stereocenters. The number of hydrogen-bond donors (Lipinski definition) is 0. The van der Waals surface area contributed by atoms with Crippen molar-refractivity contribution in [3.8, 4) is 0 Å². The maximum Gasteiger partial charge on any atom is 0.255 e. The van der Waals surface area contributed by atoms with Crippen LogP contribution in [-0.4, -0.2) is 23.4 Å². The summed E-state index contributed by atoms with van der Waals surface area (Å²) >= 11 is 3.16. The molecule has 1 aromatic carbocycles. The Kier molecular flexibility index (Phi) is 6.49. The maximum absolute atomic E-state index is 13.5. The van der Waals surface area contributed by atoms with Crippen LogP contribution in [0, 0.1) is 5.82 Å². The third kappa shape index (κ3) is 4.30. The van der Waals surface area contributed by atoms with Crippen molar-refractivity contribution in [2.45, 2.75) is 46.1 Å². The summed E-state index contributed by atoms with van der Waals surface area (Å²) < 4.78 is 13.7. The van der Waals surface area contributed by atoms with Gasteiger partial charge in [0.1, 0.15) is 5.82 Å². The van der Waals surface area contributed by atoms with E-state index in [-0.39, 0.29) is 16.4 Å². The van der Waals surface area contributed by atoms with E-state index in [1.807, 2.05) is 13.8 Å². The van der Waals surface area contributed by atoms with Crippen molar-refractivity contribution in [2.75, 3.05) is 6.54 Å². The molecule has 0 saturated heterocycles. The smallest absolute Gasteiger partial charge is 0.255 e. The SMILES string of the molecule is CCCCCN(C(=O)c1cccc(F)c1Br)C(C)C. The normalized spacial score (nSPS) is 10.8. The third-order valence-corrected chi connectivity index (χ3v) is 3.87. The second kappa shape index (κ2) is 7.63. The maximum atomic E-state index is 13.5. The van der Waals surface area contributed by atoms with Crippen LogP contribution in [0.15, 0.2) is 22.7 Å². The van der Waals surface area contributed by atoms with Gasteiger partial charge in [0.05, 0.1) is 10.0 Å². The fraction of sp³-hybridized carbons (Fsp3) is 0.533. The Morgan fingerprint density at radius 1 is 1.37 bits per heavy atom. The number of carbonyl (C=O) groups is 1. The molecule has 0 aliphatic rings. The van der Waals surface area contributed by atoms with Gasteiger partial charge in [0.2, 0.25) is 0 Å². The molecule has 0 heterocycles. The van der Waals surface area contributed by atoms with Crippen LogP contribution in [0.5, 0.6) is 0 Å². The van der Waals surface area contributed by atoms with E-state index in [1.165, 1.54) is 6.07 Å². The molecule has 0 fully saturated rings. The van der Waals surface area contributed by atoms with E-state index in [4.69, 9.17) is 0 Å². The van der Waals surface area contributed by atoms with Crippen LogP contribution in [0.2, 0.25) is 0 Å². The summed E-state index contributed by atoms with van der Waals surface area (Å²) in [5, 5.41) is 0. The van der Waals surface area contributed by atoms with Gasteiger partial charge in [-0.15, -0.1) is 0 Å². The summed E-state index contributed by atoms with van der Waals surface area (Å²) in [5.74, 6) is -0.513. The fourth-order valence-electron chi connectivity index (χ4n) is 1.95. The second-order valence-electron chi connectivity index (χ2n) is 4.90. The minimum Gasteiger partial charge on any atom is -0.336 e. The molecule has 0 aromatic heterocycles. The Balaban J connectivity index is 2.90. The molecule has 0 spiro atoms. The van der Waals surface area contributed by atoms with Crippen LogP contribution in [0.1, 0.15) is 50.4 Å². The molecule has 2 nitrogen and oxygen atoms in total. The van der Waals surface area contributed by atoms with E-state index in [9.17, 15) is 9.18 Å². The number of rotatable bonds is 6. The lowest BCUT2D eigenvalue weighted by molar-refractivity contribution is 0.0700. The van der Waals surface area contributed by atoms with Crippen molar-refractivity contribution in [1.29, 1.82) is 0 Å².